The predicted molar refractivity (Wildman–Crippen MR) is 98.2 cm³/mol. The minimum absolute atomic E-state index is 0.257. The summed E-state index contributed by atoms with van der Waals surface area (Å²) in [7, 11) is -0.928. The van der Waals surface area contributed by atoms with Crippen molar-refractivity contribution in [1.82, 2.24) is 0 Å². The van der Waals surface area contributed by atoms with Gasteiger partial charge in [0.1, 0.15) is 17.1 Å². The Kier molecular flexibility index (Phi) is 4.81. The van der Waals surface area contributed by atoms with E-state index in [1.807, 2.05) is 0 Å². The molecule has 6 nitrogen and oxygen atoms in total. The number of fused-ring (bicyclic) bond motifs is 1. The molecule has 0 amide bonds. The lowest BCUT2D eigenvalue weighted by atomic mass is 10.2. The summed E-state index contributed by atoms with van der Waals surface area (Å²) in [6.07, 6.45) is 1.41. The second-order valence-electron chi connectivity index (χ2n) is 5.42. The quantitative estimate of drug-likeness (QED) is 0.640. The maximum Gasteiger partial charge on any atom is 0.355 e. The fourth-order valence-electron chi connectivity index (χ4n) is 2.35. The minimum atomic E-state index is -3.96. The Hall–Kier alpha value is -3.06. The van der Waals surface area contributed by atoms with Gasteiger partial charge >= 0.3 is 5.63 Å². The largest absolute Gasteiger partial charge is 0.497 e. The van der Waals surface area contributed by atoms with Gasteiger partial charge in [-0.25, -0.2) is 13.2 Å². The highest BCUT2D eigenvalue weighted by Crippen LogP contribution is 2.22. The van der Waals surface area contributed by atoms with Crippen LogP contribution in [0.3, 0.4) is 0 Å². The third kappa shape index (κ3) is 3.62. The number of rotatable bonds is 5. The van der Waals surface area contributed by atoms with Crippen LogP contribution >= 0.6 is 0 Å². The third-order valence-electron chi connectivity index (χ3n) is 3.77. The van der Waals surface area contributed by atoms with E-state index in [9.17, 15) is 13.2 Å². The Balaban J connectivity index is 1.99. The average molecular weight is 372 g/mol. The first-order valence-electron chi connectivity index (χ1n) is 7.62. The van der Waals surface area contributed by atoms with Gasteiger partial charge in [0.2, 0.25) is 9.84 Å². The average Bonchev–Trinajstić information content (AvgIpc) is 2.65. The van der Waals surface area contributed by atoms with Gasteiger partial charge in [-0.1, -0.05) is 12.1 Å². The number of hydrogen-bond acceptors (Lipinski definition) is 6. The van der Waals surface area contributed by atoms with Crippen molar-refractivity contribution in [3.05, 3.63) is 69.9 Å². The first-order valence-corrected chi connectivity index (χ1v) is 9.17. The van der Waals surface area contributed by atoms with Crippen molar-refractivity contribution in [3.63, 3.8) is 0 Å². The van der Waals surface area contributed by atoms with E-state index in [1.54, 1.807) is 43.5 Å². The number of hydrogen-bond donors (Lipinski definition) is 0. The summed E-state index contributed by atoms with van der Waals surface area (Å²) in [5.74, 6) is 1.17. The lowest BCUT2D eigenvalue weighted by molar-refractivity contribution is 0.414. The van der Waals surface area contributed by atoms with Gasteiger partial charge in [-0.15, -0.1) is 0 Å². The highest BCUT2D eigenvalue weighted by Gasteiger charge is 2.18. The summed E-state index contributed by atoms with van der Waals surface area (Å²) in [5, 5.41) is 1.47. The van der Waals surface area contributed by atoms with Crippen molar-refractivity contribution in [2.75, 3.05) is 14.2 Å². The zero-order valence-corrected chi connectivity index (χ0v) is 14.9. The predicted octanol–water partition coefficient (Wildman–Crippen LogP) is 3.25. The monoisotopic (exact) mass is 372 g/mol. The lowest BCUT2D eigenvalue weighted by Crippen LogP contribution is -2.11. The smallest absolute Gasteiger partial charge is 0.355 e. The zero-order valence-electron chi connectivity index (χ0n) is 14.1. The van der Waals surface area contributed by atoms with E-state index in [0.29, 0.717) is 22.4 Å². The highest BCUT2D eigenvalue weighted by molar-refractivity contribution is 7.94. The first kappa shape index (κ1) is 17.8. The molecule has 0 N–H and O–H groups in total. The molecule has 7 heteroatoms. The molecule has 0 spiro atoms. The molecule has 0 bridgehead atoms. The topological polar surface area (TPSA) is 82.8 Å². The fourth-order valence-corrected chi connectivity index (χ4v) is 3.40. The van der Waals surface area contributed by atoms with E-state index < -0.39 is 20.4 Å². The summed E-state index contributed by atoms with van der Waals surface area (Å²) < 4.78 is 40.3. The minimum Gasteiger partial charge on any atom is -0.497 e. The Bertz CT molecular complexity index is 1120. The zero-order chi connectivity index (χ0) is 18.7. The van der Waals surface area contributed by atoms with E-state index in [-0.39, 0.29) is 5.58 Å². The molecular formula is C19H16O6S. The number of ether oxygens (including phenoxy) is 2. The number of methoxy groups -OCH3 is 2. The fraction of sp³-hybridized carbons (Fsp3) is 0.105. The van der Waals surface area contributed by atoms with Crippen LogP contribution in [0.4, 0.5) is 0 Å². The van der Waals surface area contributed by atoms with Crippen molar-refractivity contribution in [1.29, 1.82) is 0 Å². The van der Waals surface area contributed by atoms with Gasteiger partial charge in [-0.3, -0.25) is 0 Å². The molecule has 0 saturated heterocycles. The molecule has 1 heterocycles. The molecule has 3 aromatic rings. The summed E-state index contributed by atoms with van der Waals surface area (Å²) >= 11 is 0. The van der Waals surface area contributed by atoms with Crippen LogP contribution in [0.2, 0.25) is 0 Å². The van der Waals surface area contributed by atoms with E-state index in [4.69, 9.17) is 13.9 Å². The van der Waals surface area contributed by atoms with Gasteiger partial charge in [-0.05, 0) is 42.0 Å². The maximum absolute atomic E-state index is 12.5. The van der Waals surface area contributed by atoms with Crippen LogP contribution in [0.25, 0.3) is 17.0 Å². The first-order chi connectivity index (χ1) is 12.4. The van der Waals surface area contributed by atoms with Gasteiger partial charge in [0, 0.05) is 16.9 Å². The van der Waals surface area contributed by atoms with Crippen molar-refractivity contribution in [2.45, 2.75) is 4.90 Å². The molecule has 2 aromatic carbocycles. The van der Waals surface area contributed by atoms with Gasteiger partial charge < -0.3 is 13.9 Å². The molecule has 0 atom stereocenters. The second kappa shape index (κ2) is 7.05. The molecule has 26 heavy (non-hydrogen) atoms. The molecule has 0 saturated carbocycles. The molecular weight excluding hydrogens is 356 g/mol. The molecule has 0 radical (unpaired) electrons. The van der Waals surface area contributed by atoms with Crippen LogP contribution in [0, 0.1) is 0 Å². The second-order valence-corrected chi connectivity index (χ2v) is 7.22. The molecule has 0 aliphatic carbocycles. The maximum atomic E-state index is 12.5. The van der Waals surface area contributed by atoms with Crippen LogP contribution in [-0.2, 0) is 9.84 Å². The van der Waals surface area contributed by atoms with Crippen LogP contribution in [0.5, 0.6) is 11.5 Å². The van der Waals surface area contributed by atoms with Crippen molar-refractivity contribution >= 4 is 26.9 Å². The normalized spacial score (nSPS) is 11.8. The van der Waals surface area contributed by atoms with Crippen LogP contribution in [0.1, 0.15) is 5.56 Å². The van der Waals surface area contributed by atoms with Crippen molar-refractivity contribution in [3.8, 4) is 11.5 Å². The highest BCUT2D eigenvalue weighted by atomic mass is 32.2. The standard InChI is InChI=1S/C19H16O6S/c1-23-15-6-3-13(4-7-15)9-10-26(21,22)18-11-14-5-8-16(24-2)12-17(14)25-19(18)20/h3-12H,1-2H3/b10-9+. The Morgan fingerprint density at radius 2 is 1.58 bits per heavy atom. The van der Waals surface area contributed by atoms with Gasteiger partial charge in [0.05, 0.1) is 14.2 Å². The van der Waals surface area contributed by atoms with E-state index >= 15 is 0 Å². The Labute approximate surface area is 150 Å². The molecule has 3 rings (SSSR count). The Morgan fingerprint density at radius 3 is 2.23 bits per heavy atom. The summed E-state index contributed by atoms with van der Waals surface area (Å²) in [5.41, 5.74) is -0.0122. The van der Waals surface area contributed by atoms with Gasteiger partial charge in [0.25, 0.3) is 0 Å². The molecule has 1 aromatic heterocycles. The molecule has 134 valence electrons. The van der Waals surface area contributed by atoms with E-state index in [2.05, 4.69) is 0 Å². The molecule has 0 unspecified atom stereocenters. The van der Waals surface area contributed by atoms with Crippen LogP contribution in [-0.4, -0.2) is 22.6 Å². The summed E-state index contributed by atoms with van der Waals surface area (Å²) in [6, 6.07) is 13.0. The van der Waals surface area contributed by atoms with Gasteiger partial charge in [0.15, 0.2) is 4.90 Å². The summed E-state index contributed by atoms with van der Waals surface area (Å²) in [6.45, 7) is 0. The van der Waals surface area contributed by atoms with Crippen molar-refractivity contribution < 1.29 is 22.3 Å². The van der Waals surface area contributed by atoms with Gasteiger partial charge in [-0.2, -0.15) is 0 Å². The molecule has 0 aliphatic heterocycles. The van der Waals surface area contributed by atoms with Crippen LogP contribution < -0.4 is 15.1 Å². The SMILES string of the molecule is COc1ccc(/C=C/S(=O)(=O)c2cc3ccc(OC)cc3oc2=O)cc1. The molecule has 0 fully saturated rings. The van der Waals surface area contributed by atoms with E-state index in [0.717, 1.165) is 5.41 Å². The summed E-state index contributed by atoms with van der Waals surface area (Å²) in [4.78, 5) is 11.7. The Morgan fingerprint density at radius 1 is 0.923 bits per heavy atom. The molecule has 0 aliphatic rings. The number of benzene rings is 2. The number of sulfone groups is 1. The van der Waals surface area contributed by atoms with Crippen LogP contribution in [0.15, 0.2) is 68.0 Å². The third-order valence-corrected chi connectivity index (χ3v) is 5.17. The van der Waals surface area contributed by atoms with E-state index in [1.165, 1.54) is 25.3 Å². The van der Waals surface area contributed by atoms with Crippen molar-refractivity contribution in [2.24, 2.45) is 0 Å². The lowest BCUT2D eigenvalue weighted by Gasteiger charge is -2.03.